The van der Waals surface area contributed by atoms with E-state index in [4.69, 9.17) is 11.5 Å². The van der Waals surface area contributed by atoms with Gasteiger partial charge >= 0.3 is 0 Å². The van der Waals surface area contributed by atoms with Crippen LogP contribution in [-0.2, 0) is 10.8 Å². The van der Waals surface area contributed by atoms with Crippen molar-refractivity contribution in [2.75, 3.05) is 11.5 Å². The first-order chi connectivity index (χ1) is 10.0. The maximum Gasteiger partial charge on any atom is 0.0355 e. The average molecular weight is 296 g/mol. The van der Waals surface area contributed by atoms with Crippen LogP contribution in [0.3, 0.4) is 0 Å². The molecule has 0 amide bonds. The van der Waals surface area contributed by atoms with Crippen LogP contribution in [0.25, 0.3) is 11.1 Å². The molecule has 0 heterocycles. The van der Waals surface area contributed by atoms with Gasteiger partial charge in [0.2, 0.25) is 0 Å². The van der Waals surface area contributed by atoms with Crippen molar-refractivity contribution in [3.63, 3.8) is 0 Å². The second-order valence-electron chi connectivity index (χ2n) is 8.07. The third-order valence-electron chi connectivity index (χ3n) is 3.96. The van der Waals surface area contributed by atoms with Crippen molar-refractivity contribution in [2.45, 2.75) is 52.4 Å². The van der Waals surface area contributed by atoms with E-state index in [1.165, 1.54) is 22.3 Å². The summed E-state index contributed by atoms with van der Waals surface area (Å²) < 4.78 is 0. The van der Waals surface area contributed by atoms with E-state index in [0.717, 1.165) is 11.4 Å². The number of hydrogen-bond acceptors (Lipinski definition) is 2. The monoisotopic (exact) mass is 296 g/mol. The minimum atomic E-state index is -0.00346. The van der Waals surface area contributed by atoms with Crippen molar-refractivity contribution >= 4 is 11.4 Å². The second-order valence-corrected chi connectivity index (χ2v) is 8.07. The highest BCUT2D eigenvalue weighted by atomic mass is 14.6. The minimum Gasteiger partial charge on any atom is -0.399 e. The van der Waals surface area contributed by atoms with Crippen LogP contribution in [0, 0.1) is 0 Å². The van der Waals surface area contributed by atoms with E-state index < -0.39 is 0 Å². The van der Waals surface area contributed by atoms with Crippen LogP contribution in [0.4, 0.5) is 11.4 Å². The molecule has 0 spiro atoms. The van der Waals surface area contributed by atoms with Crippen LogP contribution in [-0.4, -0.2) is 0 Å². The Bertz CT molecular complexity index is 669. The molecule has 0 aliphatic rings. The van der Waals surface area contributed by atoms with Gasteiger partial charge in [-0.15, -0.1) is 0 Å². The number of nitrogen functional groups attached to an aromatic ring is 2. The molecule has 2 nitrogen and oxygen atoms in total. The summed E-state index contributed by atoms with van der Waals surface area (Å²) in [6.07, 6.45) is 0. The Balaban J connectivity index is 2.83. The van der Waals surface area contributed by atoms with E-state index >= 15 is 0 Å². The maximum atomic E-state index is 6.36. The fraction of sp³-hybridized carbons (Fsp3) is 0.400. The van der Waals surface area contributed by atoms with Gasteiger partial charge in [-0.25, -0.2) is 0 Å². The Morgan fingerprint density at radius 1 is 0.636 bits per heavy atom. The molecule has 2 rings (SSSR count). The van der Waals surface area contributed by atoms with Gasteiger partial charge in [-0.05, 0) is 51.3 Å². The molecule has 0 unspecified atom stereocenters. The molecule has 0 saturated carbocycles. The zero-order valence-corrected chi connectivity index (χ0v) is 14.6. The van der Waals surface area contributed by atoms with Crippen LogP contribution in [0.15, 0.2) is 36.4 Å². The first-order valence-corrected chi connectivity index (χ1v) is 7.81. The van der Waals surface area contributed by atoms with Gasteiger partial charge in [0.05, 0.1) is 0 Å². The molecule has 0 radical (unpaired) electrons. The highest BCUT2D eigenvalue weighted by molar-refractivity contribution is 5.76. The van der Waals surface area contributed by atoms with Crippen molar-refractivity contribution in [2.24, 2.45) is 0 Å². The summed E-state index contributed by atoms with van der Waals surface area (Å²) in [6, 6.07) is 12.2. The molecule has 0 fully saturated rings. The Morgan fingerprint density at radius 3 is 1.59 bits per heavy atom. The van der Waals surface area contributed by atoms with E-state index in [9.17, 15) is 0 Å². The lowest BCUT2D eigenvalue weighted by molar-refractivity contribution is 0.533. The molecule has 0 aromatic heterocycles. The maximum absolute atomic E-state index is 6.36. The summed E-state index contributed by atoms with van der Waals surface area (Å²) in [5.74, 6) is 0. The third kappa shape index (κ3) is 3.11. The number of rotatable bonds is 1. The van der Waals surface area contributed by atoms with Crippen LogP contribution >= 0.6 is 0 Å². The van der Waals surface area contributed by atoms with Crippen molar-refractivity contribution in [1.29, 1.82) is 0 Å². The Labute approximate surface area is 134 Å². The SMILES string of the molecule is CC(C)(C)c1c(N)ccc(-c2ccc(N)cc2)c1C(C)(C)C. The van der Waals surface area contributed by atoms with Gasteiger partial charge in [-0.2, -0.15) is 0 Å². The molecule has 0 aliphatic carbocycles. The number of nitrogens with two attached hydrogens (primary N) is 2. The summed E-state index contributed by atoms with van der Waals surface area (Å²) in [4.78, 5) is 0. The van der Waals surface area contributed by atoms with E-state index in [1.54, 1.807) is 0 Å². The van der Waals surface area contributed by atoms with E-state index in [2.05, 4.69) is 59.7 Å². The number of hydrogen-bond donors (Lipinski definition) is 2. The summed E-state index contributed by atoms with van der Waals surface area (Å²) in [7, 11) is 0. The van der Waals surface area contributed by atoms with E-state index in [1.807, 2.05) is 18.2 Å². The normalized spacial score (nSPS) is 12.5. The first kappa shape index (κ1) is 16.4. The van der Waals surface area contributed by atoms with Gasteiger partial charge in [0, 0.05) is 11.4 Å². The highest BCUT2D eigenvalue weighted by Gasteiger charge is 2.30. The lowest BCUT2D eigenvalue weighted by Gasteiger charge is -2.33. The van der Waals surface area contributed by atoms with Crippen molar-refractivity contribution in [1.82, 2.24) is 0 Å². The summed E-state index contributed by atoms with van der Waals surface area (Å²) in [6.45, 7) is 13.4. The molecule has 2 aromatic rings. The second kappa shape index (κ2) is 5.35. The first-order valence-electron chi connectivity index (χ1n) is 7.81. The van der Waals surface area contributed by atoms with Gasteiger partial charge in [-0.1, -0.05) is 59.7 Å². The topological polar surface area (TPSA) is 52.0 Å². The largest absolute Gasteiger partial charge is 0.399 e. The van der Waals surface area contributed by atoms with Crippen molar-refractivity contribution in [3.05, 3.63) is 47.5 Å². The van der Waals surface area contributed by atoms with Crippen molar-refractivity contribution in [3.8, 4) is 11.1 Å². The molecule has 22 heavy (non-hydrogen) atoms. The zero-order valence-electron chi connectivity index (χ0n) is 14.6. The average Bonchev–Trinajstić information content (AvgIpc) is 2.37. The predicted molar refractivity (Wildman–Crippen MR) is 98.1 cm³/mol. The van der Waals surface area contributed by atoms with Crippen molar-refractivity contribution < 1.29 is 0 Å². The van der Waals surface area contributed by atoms with E-state index in [-0.39, 0.29) is 10.8 Å². The highest BCUT2D eigenvalue weighted by Crippen LogP contribution is 2.43. The molecule has 4 N–H and O–H groups in total. The quantitative estimate of drug-likeness (QED) is 0.718. The molecule has 0 aliphatic heterocycles. The third-order valence-corrected chi connectivity index (χ3v) is 3.96. The Morgan fingerprint density at radius 2 is 1.14 bits per heavy atom. The van der Waals surface area contributed by atoms with Gasteiger partial charge in [-0.3, -0.25) is 0 Å². The molecule has 0 saturated heterocycles. The molecular formula is C20H28N2. The smallest absolute Gasteiger partial charge is 0.0355 e. The van der Waals surface area contributed by atoms with Crippen LogP contribution in [0.2, 0.25) is 0 Å². The van der Waals surface area contributed by atoms with Gasteiger partial charge in [0.1, 0.15) is 0 Å². The zero-order chi connectivity index (χ0) is 16.7. The lowest BCUT2D eigenvalue weighted by atomic mass is 9.71. The fourth-order valence-corrected chi connectivity index (χ4v) is 3.11. The van der Waals surface area contributed by atoms with Crippen LogP contribution < -0.4 is 11.5 Å². The van der Waals surface area contributed by atoms with Gasteiger partial charge in [0.15, 0.2) is 0 Å². The molecule has 2 heteroatoms. The Kier molecular flexibility index (Phi) is 3.99. The summed E-state index contributed by atoms with van der Waals surface area (Å²) in [5.41, 5.74) is 18.8. The lowest BCUT2D eigenvalue weighted by Crippen LogP contribution is -2.24. The number of anilines is 2. The summed E-state index contributed by atoms with van der Waals surface area (Å²) >= 11 is 0. The van der Waals surface area contributed by atoms with E-state index in [0.29, 0.717) is 0 Å². The number of benzene rings is 2. The standard InChI is InChI=1S/C20H28N2/c1-19(2,3)17-15(13-7-9-14(21)10-8-13)11-12-16(22)18(17)20(4,5)6/h7-12H,21-22H2,1-6H3. The predicted octanol–water partition coefficient (Wildman–Crippen LogP) is 5.11. The van der Waals surface area contributed by atoms with Crippen LogP contribution in [0.1, 0.15) is 52.7 Å². The molecule has 0 atom stereocenters. The van der Waals surface area contributed by atoms with Gasteiger partial charge < -0.3 is 11.5 Å². The fourth-order valence-electron chi connectivity index (χ4n) is 3.11. The molecule has 2 aromatic carbocycles. The van der Waals surface area contributed by atoms with Gasteiger partial charge in [0.25, 0.3) is 0 Å². The molecule has 118 valence electrons. The molecular weight excluding hydrogens is 268 g/mol. The Hall–Kier alpha value is -1.96. The van der Waals surface area contributed by atoms with Crippen LogP contribution in [0.5, 0.6) is 0 Å². The molecule has 0 bridgehead atoms. The summed E-state index contributed by atoms with van der Waals surface area (Å²) in [5, 5.41) is 0. The minimum absolute atomic E-state index is 0.00346.